The molecule has 0 saturated heterocycles. The Kier molecular flexibility index (Phi) is 4.95. The number of nitrogens with one attached hydrogen (secondary N) is 2. The highest BCUT2D eigenvalue weighted by Crippen LogP contribution is 1.88. The largest absolute Gasteiger partial charge is 0.304 e. The van der Waals surface area contributed by atoms with Crippen molar-refractivity contribution in [1.82, 2.24) is 10.7 Å². The highest BCUT2D eigenvalue weighted by molar-refractivity contribution is 4.54. The lowest BCUT2D eigenvalue weighted by Gasteiger charge is -2.12. The van der Waals surface area contributed by atoms with Crippen LogP contribution in [-0.4, -0.2) is 13.2 Å². The zero-order chi connectivity index (χ0) is 6.41. The van der Waals surface area contributed by atoms with Crippen molar-refractivity contribution in [3.8, 4) is 0 Å². The third kappa shape index (κ3) is 2.96. The average molecular weight is 117 g/mol. The first-order valence-corrected chi connectivity index (χ1v) is 2.98. The number of hydrogen-bond acceptors (Lipinski definition) is 3. The summed E-state index contributed by atoms with van der Waals surface area (Å²) in [6.07, 6.45) is 2.50. The smallest absolute Gasteiger partial charge is 0.0699 e. The Morgan fingerprint density at radius 2 is 2.25 bits per heavy atom. The molecule has 0 spiro atoms. The maximum absolute atomic E-state index is 5.16. The fourth-order valence-corrected chi connectivity index (χ4v) is 0.600. The third-order valence-electron chi connectivity index (χ3n) is 1.13. The van der Waals surface area contributed by atoms with Gasteiger partial charge in [-0.2, -0.15) is 0 Å². The molecule has 0 aliphatic carbocycles. The lowest BCUT2D eigenvalue weighted by molar-refractivity contribution is 0.434. The van der Waals surface area contributed by atoms with Crippen LogP contribution >= 0.6 is 0 Å². The van der Waals surface area contributed by atoms with Crippen molar-refractivity contribution in [2.24, 2.45) is 5.84 Å². The molecule has 0 aliphatic rings. The average Bonchev–Trinajstić information content (AvgIpc) is 1.83. The fraction of sp³-hybridized carbons (Fsp3) is 1.00. The minimum Gasteiger partial charge on any atom is -0.304 e. The Bertz CT molecular complexity index is 42.9. The van der Waals surface area contributed by atoms with E-state index in [0.717, 1.165) is 12.8 Å². The van der Waals surface area contributed by atoms with E-state index in [0.29, 0.717) is 0 Å². The van der Waals surface area contributed by atoms with Crippen LogP contribution in [0.2, 0.25) is 0 Å². The maximum Gasteiger partial charge on any atom is 0.0699 e. The molecule has 3 heteroatoms. The van der Waals surface area contributed by atoms with E-state index in [9.17, 15) is 0 Å². The Hall–Kier alpha value is -0.120. The highest BCUT2D eigenvalue weighted by Gasteiger charge is 1.96. The van der Waals surface area contributed by atoms with Crippen LogP contribution in [0.1, 0.15) is 19.8 Å². The third-order valence-corrected chi connectivity index (χ3v) is 1.13. The van der Waals surface area contributed by atoms with Gasteiger partial charge in [-0.15, -0.1) is 0 Å². The number of nitrogens with two attached hydrogens (primary N) is 1. The topological polar surface area (TPSA) is 50.1 Å². The molecule has 0 amide bonds. The first kappa shape index (κ1) is 7.88. The van der Waals surface area contributed by atoms with E-state index in [1.807, 2.05) is 7.05 Å². The second kappa shape index (κ2) is 5.03. The molecule has 1 unspecified atom stereocenters. The highest BCUT2D eigenvalue weighted by atomic mass is 15.3. The molecule has 8 heavy (non-hydrogen) atoms. The Labute approximate surface area is 50.6 Å². The minimum absolute atomic E-state index is 0.278. The van der Waals surface area contributed by atoms with Gasteiger partial charge in [-0.25, -0.2) is 5.43 Å². The number of hydrogen-bond donors (Lipinski definition) is 3. The summed E-state index contributed by atoms with van der Waals surface area (Å²) in [5.41, 5.74) is 2.64. The molecule has 0 bridgehead atoms. The predicted molar refractivity (Wildman–Crippen MR) is 35.1 cm³/mol. The molecule has 50 valence electrons. The second-order valence-corrected chi connectivity index (χ2v) is 1.80. The van der Waals surface area contributed by atoms with Gasteiger partial charge in [-0.1, -0.05) is 13.3 Å². The molecule has 3 nitrogen and oxygen atoms in total. The molecule has 0 radical (unpaired) electrons. The molecule has 1 atom stereocenters. The maximum atomic E-state index is 5.16. The summed E-state index contributed by atoms with van der Waals surface area (Å²) in [4.78, 5) is 0. The van der Waals surface area contributed by atoms with Crippen LogP contribution in [0.25, 0.3) is 0 Å². The molecule has 0 heterocycles. The van der Waals surface area contributed by atoms with Gasteiger partial charge in [0.05, 0.1) is 6.17 Å². The lowest BCUT2D eigenvalue weighted by atomic mass is 10.3. The molecule has 0 fully saturated rings. The summed E-state index contributed by atoms with van der Waals surface area (Å²) < 4.78 is 0. The number of rotatable bonds is 4. The van der Waals surface area contributed by atoms with E-state index in [2.05, 4.69) is 17.7 Å². The lowest BCUT2D eigenvalue weighted by Crippen LogP contribution is -2.44. The quantitative estimate of drug-likeness (QED) is 0.271. The molecule has 0 aromatic heterocycles. The summed E-state index contributed by atoms with van der Waals surface area (Å²) in [6, 6.07) is 0. The van der Waals surface area contributed by atoms with Gasteiger partial charge in [0.15, 0.2) is 0 Å². The van der Waals surface area contributed by atoms with Crippen molar-refractivity contribution in [1.29, 1.82) is 0 Å². The van der Waals surface area contributed by atoms with Gasteiger partial charge in [0, 0.05) is 0 Å². The monoisotopic (exact) mass is 117 g/mol. The van der Waals surface area contributed by atoms with Crippen LogP contribution in [0, 0.1) is 0 Å². The minimum atomic E-state index is 0.278. The molecule has 0 aliphatic heterocycles. The van der Waals surface area contributed by atoms with Gasteiger partial charge in [0.1, 0.15) is 0 Å². The summed E-state index contributed by atoms with van der Waals surface area (Å²) in [6.45, 7) is 2.13. The summed E-state index contributed by atoms with van der Waals surface area (Å²) in [5, 5.41) is 3.02. The van der Waals surface area contributed by atoms with Crippen molar-refractivity contribution in [2.45, 2.75) is 25.9 Å². The van der Waals surface area contributed by atoms with Gasteiger partial charge >= 0.3 is 0 Å². The van der Waals surface area contributed by atoms with Crippen LogP contribution in [0.3, 0.4) is 0 Å². The van der Waals surface area contributed by atoms with E-state index in [1.165, 1.54) is 0 Å². The van der Waals surface area contributed by atoms with E-state index in [4.69, 9.17) is 5.84 Å². The molecule has 0 aromatic carbocycles. The van der Waals surface area contributed by atoms with Gasteiger partial charge in [-0.05, 0) is 13.5 Å². The van der Waals surface area contributed by atoms with Crippen LogP contribution in [-0.2, 0) is 0 Å². The van der Waals surface area contributed by atoms with Crippen LogP contribution in [0.15, 0.2) is 0 Å². The number of hydrazine groups is 1. The van der Waals surface area contributed by atoms with Gasteiger partial charge < -0.3 is 5.32 Å². The van der Waals surface area contributed by atoms with Crippen LogP contribution in [0.5, 0.6) is 0 Å². The molecule has 0 rings (SSSR count). The molecular weight excluding hydrogens is 102 g/mol. The Morgan fingerprint density at radius 1 is 1.62 bits per heavy atom. The Morgan fingerprint density at radius 3 is 2.38 bits per heavy atom. The van der Waals surface area contributed by atoms with Gasteiger partial charge in [-0.3, -0.25) is 5.84 Å². The van der Waals surface area contributed by atoms with E-state index >= 15 is 0 Å². The molecular formula is C5H15N3. The van der Waals surface area contributed by atoms with Crippen LogP contribution in [0.4, 0.5) is 0 Å². The standard InChI is InChI=1S/C5H15N3/c1-3-4-5(7-2)8-6/h5,7-8H,3-4,6H2,1-2H3. The van der Waals surface area contributed by atoms with E-state index < -0.39 is 0 Å². The van der Waals surface area contributed by atoms with Crippen LogP contribution < -0.4 is 16.6 Å². The molecule has 0 saturated carbocycles. The zero-order valence-corrected chi connectivity index (χ0v) is 5.57. The predicted octanol–water partition coefficient (Wildman–Crippen LogP) is -0.205. The van der Waals surface area contributed by atoms with Crippen molar-refractivity contribution in [3.63, 3.8) is 0 Å². The first-order chi connectivity index (χ1) is 3.85. The summed E-state index contributed by atoms with van der Waals surface area (Å²) in [5.74, 6) is 5.16. The van der Waals surface area contributed by atoms with Gasteiger partial charge in [0.2, 0.25) is 0 Å². The van der Waals surface area contributed by atoms with Crippen molar-refractivity contribution < 1.29 is 0 Å². The fourth-order valence-electron chi connectivity index (χ4n) is 0.600. The first-order valence-electron chi connectivity index (χ1n) is 2.98. The van der Waals surface area contributed by atoms with E-state index in [1.54, 1.807) is 0 Å². The van der Waals surface area contributed by atoms with Crippen molar-refractivity contribution in [3.05, 3.63) is 0 Å². The normalized spacial score (nSPS) is 13.9. The molecule has 4 N–H and O–H groups in total. The second-order valence-electron chi connectivity index (χ2n) is 1.80. The summed E-state index contributed by atoms with van der Waals surface area (Å²) in [7, 11) is 1.89. The zero-order valence-electron chi connectivity index (χ0n) is 5.57. The van der Waals surface area contributed by atoms with Gasteiger partial charge in [0.25, 0.3) is 0 Å². The SMILES string of the molecule is CCCC(NC)NN. The Balaban J connectivity index is 3.07. The summed E-state index contributed by atoms with van der Waals surface area (Å²) >= 11 is 0. The van der Waals surface area contributed by atoms with Crippen molar-refractivity contribution >= 4 is 0 Å². The molecule has 0 aromatic rings. The van der Waals surface area contributed by atoms with E-state index in [-0.39, 0.29) is 6.17 Å². The van der Waals surface area contributed by atoms with Crippen molar-refractivity contribution in [2.75, 3.05) is 7.05 Å².